The lowest BCUT2D eigenvalue weighted by Crippen LogP contribution is -2.60. The van der Waals surface area contributed by atoms with Crippen LogP contribution in [0.1, 0.15) is 39.0 Å². The van der Waals surface area contributed by atoms with Crippen molar-refractivity contribution in [2.75, 3.05) is 13.2 Å². The summed E-state index contributed by atoms with van der Waals surface area (Å²) in [4.78, 5) is 12.2. The van der Waals surface area contributed by atoms with Crippen LogP contribution in [-0.2, 0) is 9.53 Å². The summed E-state index contributed by atoms with van der Waals surface area (Å²) in [7, 11) is 0. The van der Waals surface area contributed by atoms with Crippen LogP contribution in [-0.4, -0.2) is 35.7 Å². The van der Waals surface area contributed by atoms with Gasteiger partial charge < -0.3 is 21.0 Å². The van der Waals surface area contributed by atoms with Gasteiger partial charge in [-0.15, -0.1) is 0 Å². The van der Waals surface area contributed by atoms with Crippen LogP contribution >= 0.6 is 0 Å². The molecule has 108 valence electrons. The fourth-order valence-electron chi connectivity index (χ4n) is 2.88. The lowest BCUT2D eigenvalue weighted by Gasteiger charge is -2.39. The summed E-state index contributed by atoms with van der Waals surface area (Å²) in [6, 6.07) is 0. The molecule has 0 aromatic carbocycles. The first kappa shape index (κ1) is 14.1. The van der Waals surface area contributed by atoms with E-state index in [9.17, 15) is 4.79 Å². The van der Waals surface area contributed by atoms with Gasteiger partial charge in [-0.2, -0.15) is 0 Å². The summed E-state index contributed by atoms with van der Waals surface area (Å²) in [5, 5.41) is 15.1. The first-order valence-corrected chi connectivity index (χ1v) is 6.95. The number of hydrogen-bond donors (Lipinski definition) is 3. The topological polar surface area (TPSA) is 96.9 Å². The zero-order valence-electron chi connectivity index (χ0n) is 11.4. The SMILES string of the molecule is CC1CCC(NC(=O)C2CCOC2)(C(N)=NO)CC1. The second-order valence-corrected chi connectivity index (χ2v) is 5.80. The number of carbonyl (C=O) groups excluding carboxylic acids is 1. The second-order valence-electron chi connectivity index (χ2n) is 5.80. The fraction of sp³-hybridized carbons (Fsp3) is 0.846. The van der Waals surface area contributed by atoms with E-state index in [-0.39, 0.29) is 17.7 Å². The number of nitrogens with zero attached hydrogens (tertiary/aromatic N) is 1. The van der Waals surface area contributed by atoms with E-state index >= 15 is 0 Å². The van der Waals surface area contributed by atoms with Crippen LogP contribution in [0, 0.1) is 11.8 Å². The van der Waals surface area contributed by atoms with Crippen molar-refractivity contribution in [1.82, 2.24) is 5.32 Å². The van der Waals surface area contributed by atoms with Crippen LogP contribution in [0.2, 0.25) is 0 Å². The standard InChI is InChI=1S/C13H23N3O3/c1-9-2-5-13(6-3-9,12(14)16-18)15-11(17)10-4-7-19-8-10/h9-10,18H,2-8H2,1H3,(H2,14,16)(H,15,17). The Morgan fingerprint density at radius 1 is 1.42 bits per heavy atom. The minimum atomic E-state index is -0.680. The molecule has 4 N–H and O–H groups in total. The monoisotopic (exact) mass is 269 g/mol. The van der Waals surface area contributed by atoms with Gasteiger partial charge in [-0.3, -0.25) is 4.79 Å². The third-order valence-electron chi connectivity index (χ3n) is 4.39. The molecule has 2 aliphatic rings. The highest BCUT2D eigenvalue weighted by atomic mass is 16.5. The molecule has 1 aliphatic carbocycles. The Labute approximate surface area is 113 Å². The van der Waals surface area contributed by atoms with Crippen molar-refractivity contribution in [1.29, 1.82) is 0 Å². The summed E-state index contributed by atoms with van der Waals surface area (Å²) < 4.78 is 5.23. The molecule has 6 nitrogen and oxygen atoms in total. The molecule has 1 heterocycles. The van der Waals surface area contributed by atoms with Gasteiger partial charge in [0.05, 0.1) is 12.5 Å². The minimum Gasteiger partial charge on any atom is -0.409 e. The fourth-order valence-corrected chi connectivity index (χ4v) is 2.88. The molecule has 0 spiro atoms. The lowest BCUT2D eigenvalue weighted by molar-refractivity contribution is -0.126. The van der Waals surface area contributed by atoms with Crippen molar-refractivity contribution >= 4 is 11.7 Å². The Morgan fingerprint density at radius 2 is 2.11 bits per heavy atom. The molecule has 2 fully saturated rings. The molecule has 1 aliphatic heterocycles. The Hall–Kier alpha value is -1.30. The summed E-state index contributed by atoms with van der Waals surface area (Å²) in [6.45, 7) is 3.28. The molecule has 19 heavy (non-hydrogen) atoms. The molecule has 0 aromatic heterocycles. The van der Waals surface area contributed by atoms with Crippen molar-refractivity contribution < 1.29 is 14.7 Å². The Morgan fingerprint density at radius 3 is 2.63 bits per heavy atom. The predicted molar refractivity (Wildman–Crippen MR) is 70.8 cm³/mol. The molecule has 6 heteroatoms. The molecular weight excluding hydrogens is 246 g/mol. The maximum atomic E-state index is 12.2. The van der Waals surface area contributed by atoms with Crippen LogP contribution in [0.5, 0.6) is 0 Å². The number of amidine groups is 1. The smallest absolute Gasteiger partial charge is 0.226 e. The predicted octanol–water partition coefficient (Wildman–Crippen LogP) is 0.834. The zero-order valence-corrected chi connectivity index (χ0v) is 11.4. The molecule has 2 rings (SSSR count). The third-order valence-corrected chi connectivity index (χ3v) is 4.39. The van der Waals surface area contributed by atoms with Gasteiger partial charge in [-0.1, -0.05) is 12.1 Å². The highest BCUT2D eigenvalue weighted by molar-refractivity contribution is 5.94. The number of rotatable bonds is 3. The molecule has 1 saturated heterocycles. The number of oxime groups is 1. The van der Waals surface area contributed by atoms with Crippen LogP contribution in [0.4, 0.5) is 0 Å². The lowest BCUT2D eigenvalue weighted by atomic mass is 9.76. The maximum absolute atomic E-state index is 12.2. The van der Waals surface area contributed by atoms with Crippen LogP contribution in [0.15, 0.2) is 5.16 Å². The molecular formula is C13H23N3O3. The van der Waals surface area contributed by atoms with E-state index in [1.807, 2.05) is 0 Å². The number of carbonyl (C=O) groups is 1. The summed E-state index contributed by atoms with van der Waals surface area (Å²) in [6.07, 6.45) is 4.14. The average Bonchev–Trinajstić information content (AvgIpc) is 2.95. The Bertz CT molecular complexity index is 356. The van der Waals surface area contributed by atoms with Gasteiger partial charge in [0.15, 0.2) is 5.84 Å². The van der Waals surface area contributed by atoms with E-state index in [0.717, 1.165) is 32.1 Å². The van der Waals surface area contributed by atoms with E-state index in [2.05, 4.69) is 17.4 Å². The van der Waals surface area contributed by atoms with Gasteiger partial charge in [0.1, 0.15) is 5.54 Å². The van der Waals surface area contributed by atoms with Gasteiger partial charge in [-0.25, -0.2) is 0 Å². The molecule has 1 amide bonds. The molecule has 1 atom stereocenters. The number of amides is 1. The Kier molecular flexibility index (Phi) is 4.29. The highest BCUT2D eigenvalue weighted by Crippen LogP contribution is 2.32. The van der Waals surface area contributed by atoms with Gasteiger partial charge >= 0.3 is 0 Å². The molecule has 1 unspecified atom stereocenters. The quantitative estimate of drug-likeness (QED) is 0.306. The van der Waals surface area contributed by atoms with Crippen LogP contribution in [0.3, 0.4) is 0 Å². The van der Waals surface area contributed by atoms with Crippen molar-refractivity contribution in [3.63, 3.8) is 0 Å². The van der Waals surface area contributed by atoms with Crippen molar-refractivity contribution in [3.05, 3.63) is 0 Å². The first-order valence-electron chi connectivity index (χ1n) is 6.95. The molecule has 1 saturated carbocycles. The maximum Gasteiger partial charge on any atom is 0.226 e. The number of ether oxygens (including phenoxy) is 1. The normalized spacial score (nSPS) is 36.2. The second kappa shape index (κ2) is 5.77. The van der Waals surface area contributed by atoms with Crippen molar-refractivity contribution in [3.8, 4) is 0 Å². The third kappa shape index (κ3) is 3.00. The summed E-state index contributed by atoms with van der Waals surface area (Å²) in [5.74, 6) is 0.583. The van der Waals surface area contributed by atoms with Crippen molar-refractivity contribution in [2.45, 2.75) is 44.6 Å². The zero-order chi connectivity index (χ0) is 13.9. The van der Waals surface area contributed by atoms with Gasteiger partial charge in [0.2, 0.25) is 5.91 Å². The van der Waals surface area contributed by atoms with Crippen molar-refractivity contribution in [2.24, 2.45) is 22.7 Å². The van der Waals surface area contributed by atoms with E-state index in [1.54, 1.807) is 0 Å². The van der Waals surface area contributed by atoms with E-state index < -0.39 is 5.54 Å². The number of nitrogens with one attached hydrogen (secondary N) is 1. The van der Waals surface area contributed by atoms with Crippen LogP contribution < -0.4 is 11.1 Å². The molecule has 0 bridgehead atoms. The summed E-state index contributed by atoms with van der Waals surface area (Å²) >= 11 is 0. The molecule has 0 aromatic rings. The van der Waals surface area contributed by atoms with Crippen LogP contribution in [0.25, 0.3) is 0 Å². The van der Waals surface area contributed by atoms with Gasteiger partial charge in [0.25, 0.3) is 0 Å². The van der Waals surface area contributed by atoms with Gasteiger partial charge in [-0.05, 0) is 38.0 Å². The van der Waals surface area contributed by atoms with Gasteiger partial charge in [0, 0.05) is 6.61 Å². The average molecular weight is 269 g/mol. The van der Waals surface area contributed by atoms with E-state index in [4.69, 9.17) is 15.7 Å². The molecule has 0 radical (unpaired) electrons. The highest BCUT2D eigenvalue weighted by Gasteiger charge is 2.41. The summed E-state index contributed by atoms with van der Waals surface area (Å²) in [5.41, 5.74) is 5.15. The number of hydrogen-bond acceptors (Lipinski definition) is 4. The largest absolute Gasteiger partial charge is 0.409 e. The minimum absolute atomic E-state index is 0.0429. The first-order chi connectivity index (χ1) is 9.07. The van der Waals surface area contributed by atoms with E-state index in [0.29, 0.717) is 19.1 Å². The van der Waals surface area contributed by atoms with E-state index in [1.165, 1.54) is 0 Å². The number of nitrogens with two attached hydrogens (primary N) is 1. The Balaban J connectivity index is 2.07.